The van der Waals surface area contributed by atoms with Crippen molar-refractivity contribution >= 4 is 5.97 Å². The van der Waals surface area contributed by atoms with Gasteiger partial charge >= 0.3 is 5.97 Å². The molecule has 1 rings (SSSR count). The standard InChI is InChI=1S/C12H15F2NO4/c1-19-12(18)10-7(13)4-6(5-8(10)14)11(17)9(16)2-3-15/h4-5,9,11,16-17H,2-3,15H2,1H3. The summed E-state index contributed by atoms with van der Waals surface area (Å²) in [5, 5.41) is 19.2. The lowest BCUT2D eigenvalue weighted by Crippen LogP contribution is -2.22. The van der Waals surface area contributed by atoms with Crippen LogP contribution in [0.25, 0.3) is 0 Å². The van der Waals surface area contributed by atoms with Gasteiger partial charge in [0, 0.05) is 0 Å². The molecule has 0 spiro atoms. The first kappa shape index (κ1) is 15.5. The second-order valence-electron chi connectivity index (χ2n) is 3.94. The largest absolute Gasteiger partial charge is 0.465 e. The van der Waals surface area contributed by atoms with Crippen LogP contribution in [0, 0.1) is 11.6 Å². The van der Waals surface area contributed by atoms with Crippen LogP contribution in [0.15, 0.2) is 12.1 Å². The molecule has 0 bridgehead atoms. The summed E-state index contributed by atoms with van der Waals surface area (Å²) >= 11 is 0. The van der Waals surface area contributed by atoms with Crippen molar-refractivity contribution in [3.8, 4) is 0 Å². The van der Waals surface area contributed by atoms with E-state index in [1.165, 1.54) is 0 Å². The third-order valence-electron chi connectivity index (χ3n) is 2.62. The molecule has 7 heteroatoms. The van der Waals surface area contributed by atoms with Gasteiger partial charge < -0.3 is 20.7 Å². The molecule has 0 aliphatic heterocycles. The summed E-state index contributed by atoms with van der Waals surface area (Å²) in [7, 11) is 0.995. The van der Waals surface area contributed by atoms with Crippen LogP contribution in [-0.2, 0) is 4.74 Å². The maximum atomic E-state index is 13.6. The lowest BCUT2D eigenvalue weighted by Gasteiger charge is -2.18. The number of carbonyl (C=O) groups excluding carboxylic acids is 1. The zero-order valence-corrected chi connectivity index (χ0v) is 10.3. The van der Waals surface area contributed by atoms with Gasteiger partial charge in [-0.05, 0) is 30.7 Å². The molecule has 0 heterocycles. The van der Waals surface area contributed by atoms with E-state index in [-0.39, 0.29) is 18.5 Å². The van der Waals surface area contributed by atoms with E-state index >= 15 is 0 Å². The summed E-state index contributed by atoms with van der Waals surface area (Å²) in [6.07, 6.45) is -2.66. The molecule has 0 aliphatic carbocycles. The molecule has 106 valence electrons. The van der Waals surface area contributed by atoms with E-state index in [0.717, 1.165) is 19.2 Å². The summed E-state index contributed by atoms with van der Waals surface area (Å²) in [5.74, 6) is -3.49. The van der Waals surface area contributed by atoms with E-state index in [4.69, 9.17) is 5.73 Å². The van der Waals surface area contributed by atoms with Crippen molar-refractivity contribution < 1.29 is 28.5 Å². The summed E-state index contributed by atoms with van der Waals surface area (Å²) in [6, 6.07) is 1.56. The van der Waals surface area contributed by atoms with Crippen molar-refractivity contribution in [2.45, 2.75) is 18.6 Å². The number of methoxy groups -OCH3 is 1. The van der Waals surface area contributed by atoms with E-state index in [1.807, 2.05) is 0 Å². The molecule has 0 saturated heterocycles. The molecular weight excluding hydrogens is 260 g/mol. The molecule has 5 nitrogen and oxygen atoms in total. The molecule has 2 unspecified atom stereocenters. The number of halogens is 2. The molecule has 0 saturated carbocycles. The van der Waals surface area contributed by atoms with Gasteiger partial charge in [-0.15, -0.1) is 0 Å². The molecule has 2 atom stereocenters. The quantitative estimate of drug-likeness (QED) is 0.680. The molecule has 0 aliphatic rings. The van der Waals surface area contributed by atoms with Crippen molar-refractivity contribution in [3.05, 3.63) is 34.9 Å². The molecule has 1 aromatic rings. The van der Waals surface area contributed by atoms with Gasteiger partial charge in [-0.2, -0.15) is 0 Å². The van der Waals surface area contributed by atoms with Gasteiger partial charge in [0.15, 0.2) is 0 Å². The van der Waals surface area contributed by atoms with Crippen molar-refractivity contribution in [1.82, 2.24) is 0 Å². The maximum absolute atomic E-state index is 13.6. The lowest BCUT2D eigenvalue weighted by atomic mass is 10.00. The third kappa shape index (κ3) is 3.46. The van der Waals surface area contributed by atoms with Crippen LogP contribution in [0.3, 0.4) is 0 Å². The van der Waals surface area contributed by atoms with Gasteiger partial charge in [0.25, 0.3) is 0 Å². The minimum Gasteiger partial charge on any atom is -0.465 e. The Bertz CT molecular complexity index is 444. The Morgan fingerprint density at radius 2 is 1.89 bits per heavy atom. The van der Waals surface area contributed by atoms with Gasteiger partial charge in [0.05, 0.1) is 13.2 Å². The molecular formula is C12H15F2NO4. The number of aliphatic hydroxyl groups is 2. The highest BCUT2D eigenvalue weighted by Gasteiger charge is 2.24. The fraction of sp³-hybridized carbons (Fsp3) is 0.417. The number of esters is 1. The number of hydrogen-bond acceptors (Lipinski definition) is 5. The Kier molecular flexibility index (Phi) is 5.34. The van der Waals surface area contributed by atoms with Crippen LogP contribution in [0.4, 0.5) is 8.78 Å². The predicted octanol–water partition coefficient (Wildman–Crippen LogP) is 0.495. The second-order valence-corrected chi connectivity index (χ2v) is 3.94. The van der Waals surface area contributed by atoms with E-state index in [9.17, 15) is 23.8 Å². The van der Waals surface area contributed by atoms with Crippen LogP contribution in [-0.4, -0.2) is 35.9 Å². The lowest BCUT2D eigenvalue weighted by molar-refractivity contribution is 0.0146. The Balaban J connectivity index is 3.10. The van der Waals surface area contributed by atoms with Crippen molar-refractivity contribution in [2.24, 2.45) is 5.73 Å². The number of hydrogen-bond donors (Lipinski definition) is 3. The topological polar surface area (TPSA) is 92.8 Å². The highest BCUT2D eigenvalue weighted by Crippen LogP contribution is 2.24. The van der Waals surface area contributed by atoms with Crippen molar-refractivity contribution in [2.75, 3.05) is 13.7 Å². The minimum atomic E-state index is -1.49. The number of rotatable bonds is 5. The van der Waals surface area contributed by atoms with Crippen LogP contribution < -0.4 is 5.73 Å². The first-order valence-corrected chi connectivity index (χ1v) is 5.55. The van der Waals surface area contributed by atoms with E-state index < -0.39 is 35.4 Å². The van der Waals surface area contributed by atoms with Crippen LogP contribution in [0.5, 0.6) is 0 Å². The van der Waals surface area contributed by atoms with E-state index in [0.29, 0.717) is 0 Å². The Morgan fingerprint density at radius 1 is 1.37 bits per heavy atom. The summed E-state index contributed by atoms with van der Waals surface area (Å²) in [5.41, 5.74) is 4.19. The highest BCUT2D eigenvalue weighted by atomic mass is 19.1. The van der Waals surface area contributed by atoms with Gasteiger partial charge in [-0.1, -0.05) is 0 Å². The smallest absolute Gasteiger partial charge is 0.343 e. The van der Waals surface area contributed by atoms with Crippen LogP contribution >= 0.6 is 0 Å². The number of nitrogens with two attached hydrogens (primary N) is 1. The zero-order chi connectivity index (χ0) is 14.6. The van der Waals surface area contributed by atoms with Crippen LogP contribution in [0.2, 0.25) is 0 Å². The third-order valence-corrected chi connectivity index (χ3v) is 2.62. The summed E-state index contributed by atoms with van der Waals surface area (Å²) < 4.78 is 31.4. The van der Waals surface area contributed by atoms with Crippen molar-refractivity contribution in [3.63, 3.8) is 0 Å². The van der Waals surface area contributed by atoms with E-state index in [1.54, 1.807) is 0 Å². The molecule has 0 fully saturated rings. The van der Waals surface area contributed by atoms with Gasteiger partial charge in [0.2, 0.25) is 0 Å². The second kappa shape index (κ2) is 6.55. The molecule has 0 amide bonds. The number of aliphatic hydroxyl groups excluding tert-OH is 2. The number of carbonyl (C=O) groups is 1. The fourth-order valence-electron chi connectivity index (χ4n) is 1.61. The SMILES string of the molecule is COC(=O)c1c(F)cc(C(O)C(O)CCN)cc1F. The predicted molar refractivity (Wildman–Crippen MR) is 62.3 cm³/mol. The monoisotopic (exact) mass is 275 g/mol. The van der Waals surface area contributed by atoms with Gasteiger partial charge in [-0.3, -0.25) is 0 Å². The Hall–Kier alpha value is -1.57. The zero-order valence-electron chi connectivity index (χ0n) is 10.3. The molecule has 19 heavy (non-hydrogen) atoms. The van der Waals surface area contributed by atoms with Crippen LogP contribution in [0.1, 0.15) is 28.4 Å². The summed E-state index contributed by atoms with van der Waals surface area (Å²) in [4.78, 5) is 11.1. The molecule has 0 radical (unpaired) electrons. The van der Waals surface area contributed by atoms with E-state index in [2.05, 4.69) is 4.74 Å². The van der Waals surface area contributed by atoms with Gasteiger partial charge in [0.1, 0.15) is 23.3 Å². The highest BCUT2D eigenvalue weighted by molar-refractivity contribution is 5.90. The maximum Gasteiger partial charge on any atom is 0.343 e. The average Bonchev–Trinajstić information content (AvgIpc) is 2.36. The first-order chi connectivity index (χ1) is 8.92. The average molecular weight is 275 g/mol. The Labute approximate surface area is 108 Å². The Morgan fingerprint density at radius 3 is 2.32 bits per heavy atom. The number of benzene rings is 1. The van der Waals surface area contributed by atoms with Gasteiger partial charge in [-0.25, -0.2) is 13.6 Å². The molecule has 0 aromatic heterocycles. The molecule has 4 N–H and O–H groups in total. The molecule has 1 aromatic carbocycles. The fourth-order valence-corrected chi connectivity index (χ4v) is 1.61. The van der Waals surface area contributed by atoms with Crippen molar-refractivity contribution in [1.29, 1.82) is 0 Å². The summed E-state index contributed by atoms with van der Waals surface area (Å²) in [6.45, 7) is 0.115. The number of ether oxygens (including phenoxy) is 1. The minimum absolute atomic E-state index is 0.0726. The first-order valence-electron chi connectivity index (χ1n) is 5.55. The normalized spacial score (nSPS) is 14.0.